The average molecular weight is 214 g/mol. The van der Waals surface area contributed by atoms with Gasteiger partial charge in [-0.3, -0.25) is 4.79 Å². The first kappa shape index (κ1) is 11.1. The lowest BCUT2D eigenvalue weighted by Crippen LogP contribution is -2.01. The molecular formula is C9H14N2O2S. The van der Waals surface area contributed by atoms with Crippen molar-refractivity contribution >= 4 is 17.3 Å². The highest BCUT2D eigenvalue weighted by Crippen LogP contribution is 2.19. The molecule has 0 saturated carbocycles. The van der Waals surface area contributed by atoms with Crippen LogP contribution in [-0.2, 0) is 16.0 Å². The molecule has 0 atom stereocenters. The molecule has 0 aromatic carbocycles. The van der Waals surface area contributed by atoms with Crippen LogP contribution in [0.1, 0.15) is 36.2 Å². The molecule has 4 nitrogen and oxygen atoms in total. The first-order chi connectivity index (χ1) is 6.63. The normalized spacial score (nSPS) is 10.6. The SMILES string of the molecule is COC(=O)CCc1nnc(C(C)C)s1. The fraction of sp³-hybridized carbons (Fsp3) is 0.667. The Bertz CT molecular complexity index is 310. The summed E-state index contributed by atoms with van der Waals surface area (Å²) in [6.07, 6.45) is 1.00. The number of aryl methyl sites for hydroxylation is 1. The standard InChI is InChI=1S/C9H14N2O2S/c1-6(2)9-11-10-7(14-9)4-5-8(12)13-3/h6H,4-5H2,1-3H3. The second kappa shape index (κ2) is 5.05. The van der Waals surface area contributed by atoms with Crippen LogP contribution in [0.5, 0.6) is 0 Å². The van der Waals surface area contributed by atoms with Gasteiger partial charge in [0, 0.05) is 12.3 Å². The van der Waals surface area contributed by atoms with Crippen LogP contribution in [0, 0.1) is 0 Å². The zero-order valence-electron chi connectivity index (χ0n) is 8.61. The van der Waals surface area contributed by atoms with Crippen molar-refractivity contribution in [3.63, 3.8) is 0 Å². The van der Waals surface area contributed by atoms with Crippen molar-refractivity contribution in [3.8, 4) is 0 Å². The summed E-state index contributed by atoms with van der Waals surface area (Å²) in [5, 5.41) is 9.96. The Morgan fingerprint density at radius 2 is 2.21 bits per heavy atom. The fourth-order valence-electron chi connectivity index (χ4n) is 0.912. The summed E-state index contributed by atoms with van der Waals surface area (Å²) in [5.41, 5.74) is 0. The van der Waals surface area contributed by atoms with Crippen LogP contribution in [0.15, 0.2) is 0 Å². The van der Waals surface area contributed by atoms with E-state index in [1.165, 1.54) is 7.11 Å². The zero-order chi connectivity index (χ0) is 10.6. The molecule has 0 amide bonds. The summed E-state index contributed by atoms with van der Waals surface area (Å²) in [6.45, 7) is 4.15. The highest BCUT2D eigenvalue weighted by Gasteiger charge is 2.09. The van der Waals surface area contributed by atoms with Crippen LogP contribution in [0.3, 0.4) is 0 Å². The molecule has 0 saturated heterocycles. The first-order valence-corrected chi connectivity index (χ1v) is 5.34. The number of ether oxygens (including phenoxy) is 1. The van der Waals surface area contributed by atoms with E-state index in [0.717, 1.165) is 10.0 Å². The molecule has 1 aromatic heterocycles. The summed E-state index contributed by atoms with van der Waals surface area (Å²) >= 11 is 1.56. The van der Waals surface area contributed by atoms with Gasteiger partial charge in [0.2, 0.25) is 0 Å². The first-order valence-electron chi connectivity index (χ1n) is 4.52. The van der Waals surface area contributed by atoms with Crippen LogP contribution in [-0.4, -0.2) is 23.3 Å². The van der Waals surface area contributed by atoms with E-state index >= 15 is 0 Å². The highest BCUT2D eigenvalue weighted by molar-refractivity contribution is 7.11. The molecule has 14 heavy (non-hydrogen) atoms. The number of aromatic nitrogens is 2. The Morgan fingerprint density at radius 1 is 1.50 bits per heavy atom. The molecular weight excluding hydrogens is 200 g/mol. The van der Waals surface area contributed by atoms with Gasteiger partial charge >= 0.3 is 5.97 Å². The number of carbonyl (C=O) groups excluding carboxylic acids is 1. The van der Waals surface area contributed by atoms with Crippen LogP contribution in [0.25, 0.3) is 0 Å². The van der Waals surface area contributed by atoms with E-state index in [4.69, 9.17) is 0 Å². The van der Waals surface area contributed by atoms with Gasteiger partial charge in [-0.2, -0.15) is 0 Å². The number of methoxy groups -OCH3 is 1. The maximum Gasteiger partial charge on any atom is 0.305 e. The maximum absolute atomic E-state index is 10.9. The predicted octanol–water partition coefficient (Wildman–Crippen LogP) is 1.77. The van der Waals surface area contributed by atoms with Crippen molar-refractivity contribution in [2.45, 2.75) is 32.6 Å². The van der Waals surface area contributed by atoms with Gasteiger partial charge in [0.1, 0.15) is 10.0 Å². The number of esters is 1. The molecule has 0 aliphatic heterocycles. The Labute approximate surface area is 87.3 Å². The van der Waals surface area contributed by atoms with Crippen molar-refractivity contribution in [1.29, 1.82) is 0 Å². The topological polar surface area (TPSA) is 52.1 Å². The van der Waals surface area contributed by atoms with Crippen molar-refractivity contribution in [1.82, 2.24) is 10.2 Å². The summed E-state index contributed by atoms with van der Waals surface area (Å²) in [7, 11) is 1.39. The van der Waals surface area contributed by atoms with E-state index < -0.39 is 0 Å². The molecule has 1 aromatic rings. The van der Waals surface area contributed by atoms with Gasteiger partial charge in [0.15, 0.2) is 0 Å². The summed E-state index contributed by atoms with van der Waals surface area (Å²) in [4.78, 5) is 10.9. The van der Waals surface area contributed by atoms with Crippen molar-refractivity contribution < 1.29 is 9.53 Å². The summed E-state index contributed by atoms with van der Waals surface area (Å²) in [6, 6.07) is 0. The third-order valence-corrected chi connectivity index (χ3v) is 3.03. The number of hydrogen-bond acceptors (Lipinski definition) is 5. The number of nitrogens with zero attached hydrogens (tertiary/aromatic N) is 2. The van der Waals surface area contributed by atoms with Gasteiger partial charge in [-0.25, -0.2) is 0 Å². The van der Waals surface area contributed by atoms with Crippen LogP contribution >= 0.6 is 11.3 Å². The minimum atomic E-state index is -0.203. The van der Waals surface area contributed by atoms with Crippen LogP contribution in [0.4, 0.5) is 0 Å². The third-order valence-electron chi connectivity index (χ3n) is 1.75. The predicted molar refractivity (Wildman–Crippen MR) is 54.3 cm³/mol. The third kappa shape index (κ3) is 3.06. The van der Waals surface area contributed by atoms with Crippen molar-refractivity contribution in [3.05, 3.63) is 10.0 Å². The lowest BCUT2D eigenvalue weighted by molar-refractivity contribution is -0.140. The van der Waals surface area contributed by atoms with Gasteiger partial charge < -0.3 is 4.74 Å². The van der Waals surface area contributed by atoms with Crippen LogP contribution in [0.2, 0.25) is 0 Å². The number of hydrogen-bond donors (Lipinski definition) is 0. The molecule has 0 bridgehead atoms. The second-order valence-electron chi connectivity index (χ2n) is 3.26. The smallest absolute Gasteiger partial charge is 0.305 e. The molecule has 0 aliphatic rings. The summed E-state index contributed by atoms with van der Waals surface area (Å²) < 4.78 is 4.54. The molecule has 0 N–H and O–H groups in total. The molecule has 1 rings (SSSR count). The Hall–Kier alpha value is -0.970. The van der Waals surface area contributed by atoms with Gasteiger partial charge in [-0.1, -0.05) is 13.8 Å². The molecule has 0 aliphatic carbocycles. The molecule has 1 heterocycles. The largest absolute Gasteiger partial charge is 0.469 e. The van der Waals surface area contributed by atoms with E-state index in [9.17, 15) is 4.79 Å². The average Bonchev–Trinajstić information content (AvgIpc) is 2.62. The van der Waals surface area contributed by atoms with E-state index in [0.29, 0.717) is 18.8 Å². The monoisotopic (exact) mass is 214 g/mol. The minimum Gasteiger partial charge on any atom is -0.469 e. The minimum absolute atomic E-state index is 0.203. The molecule has 78 valence electrons. The van der Waals surface area contributed by atoms with Gasteiger partial charge in [-0.05, 0) is 0 Å². The van der Waals surface area contributed by atoms with E-state index in [1.54, 1.807) is 11.3 Å². The van der Waals surface area contributed by atoms with E-state index in [-0.39, 0.29) is 5.97 Å². The van der Waals surface area contributed by atoms with E-state index in [2.05, 4.69) is 28.8 Å². The lowest BCUT2D eigenvalue weighted by Gasteiger charge is -1.95. The molecule has 0 radical (unpaired) electrons. The molecule has 0 spiro atoms. The number of rotatable bonds is 4. The Balaban J connectivity index is 2.48. The quantitative estimate of drug-likeness (QED) is 0.717. The zero-order valence-corrected chi connectivity index (χ0v) is 9.43. The molecule has 0 fully saturated rings. The molecule has 0 unspecified atom stereocenters. The maximum atomic E-state index is 10.9. The number of carbonyl (C=O) groups is 1. The van der Waals surface area contributed by atoms with Gasteiger partial charge in [0.05, 0.1) is 13.5 Å². The summed E-state index contributed by atoms with van der Waals surface area (Å²) in [5.74, 6) is 0.200. The van der Waals surface area contributed by atoms with Crippen molar-refractivity contribution in [2.75, 3.05) is 7.11 Å². The van der Waals surface area contributed by atoms with Gasteiger partial charge in [-0.15, -0.1) is 21.5 Å². The second-order valence-corrected chi connectivity index (χ2v) is 4.36. The van der Waals surface area contributed by atoms with Gasteiger partial charge in [0.25, 0.3) is 0 Å². The Kier molecular flexibility index (Phi) is 4.00. The van der Waals surface area contributed by atoms with Crippen LogP contribution < -0.4 is 0 Å². The lowest BCUT2D eigenvalue weighted by atomic mass is 10.2. The highest BCUT2D eigenvalue weighted by atomic mass is 32.1. The Morgan fingerprint density at radius 3 is 2.71 bits per heavy atom. The molecule has 5 heteroatoms. The van der Waals surface area contributed by atoms with Crippen molar-refractivity contribution in [2.24, 2.45) is 0 Å². The fourth-order valence-corrected chi connectivity index (χ4v) is 1.76. The van der Waals surface area contributed by atoms with E-state index in [1.807, 2.05) is 0 Å².